The summed E-state index contributed by atoms with van der Waals surface area (Å²) >= 11 is 0. The van der Waals surface area contributed by atoms with Gasteiger partial charge in [0, 0.05) is 12.0 Å². The van der Waals surface area contributed by atoms with Crippen LogP contribution in [0.3, 0.4) is 0 Å². The van der Waals surface area contributed by atoms with Crippen LogP contribution in [0.4, 0.5) is 4.39 Å². The Bertz CT molecular complexity index is 479. The quantitative estimate of drug-likeness (QED) is 0.779. The van der Waals surface area contributed by atoms with E-state index in [1.54, 1.807) is 12.3 Å². The summed E-state index contributed by atoms with van der Waals surface area (Å²) in [4.78, 5) is 7.47. The standard InChI is InChI=1S/C13H16FN3/c14-11-5-3-4-10(8-11)12-9-16-13(17-12)6-1-2-7-15/h3-5,8-9H,1-2,6-7,15H2,(H,16,17). The number of halogens is 1. The predicted molar refractivity (Wildman–Crippen MR) is 66.0 cm³/mol. The highest BCUT2D eigenvalue weighted by molar-refractivity contribution is 5.58. The third-order valence-electron chi connectivity index (χ3n) is 2.63. The number of nitrogens with one attached hydrogen (secondary N) is 1. The zero-order valence-electron chi connectivity index (χ0n) is 9.62. The minimum Gasteiger partial charge on any atom is -0.342 e. The van der Waals surface area contributed by atoms with Gasteiger partial charge < -0.3 is 10.7 Å². The number of aromatic nitrogens is 2. The van der Waals surface area contributed by atoms with Crippen LogP contribution in [0.5, 0.6) is 0 Å². The fourth-order valence-electron chi connectivity index (χ4n) is 1.73. The molecular formula is C13H16FN3. The van der Waals surface area contributed by atoms with Gasteiger partial charge >= 0.3 is 0 Å². The average Bonchev–Trinajstić information content (AvgIpc) is 2.78. The van der Waals surface area contributed by atoms with Gasteiger partial charge in [-0.2, -0.15) is 0 Å². The van der Waals surface area contributed by atoms with Crippen molar-refractivity contribution in [3.8, 4) is 11.3 Å². The summed E-state index contributed by atoms with van der Waals surface area (Å²) in [6.07, 6.45) is 4.64. The van der Waals surface area contributed by atoms with E-state index in [9.17, 15) is 4.39 Å². The molecule has 0 bridgehead atoms. The maximum absolute atomic E-state index is 13.1. The van der Waals surface area contributed by atoms with Crippen molar-refractivity contribution in [3.05, 3.63) is 42.1 Å². The summed E-state index contributed by atoms with van der Waals surface area (Å²) in [7, 11) is 0. The number of unbranched alkanes of at least 4 members (excludes halogenated alkanes) is 1. The Morgan fingerprint density at radius 3 is 2.94 bits per heavy atom. The van der Waals surface area contributed by atoms with E-state index in [1.165, 1.54) is 12.1 Å². The van der Waals surface area contributed by atoms with Crippen LogP contribution in [0.25, 0.3) is 11.3 Å². The molecule has 90 valence electrons. The van der Waals surface area contributed by atoms with Crippen molar-refractivity contribution in [3.63, 3.8) is 0 Å². The Morgan fingerprint density at radius 1 is 1.29 bits per heavy atom. The van der Waals surface area contributed by atoms with Gasteiger partial charge in [-0.3, -0.25) is 0 Å². The van der Waals surface area contributed by atoms with E-state index in [4.69, 9.17) is 5.73 Å². The second-order valence-corrected chi connectivity index (χ2v) is 4.00. The molecule has 0 radical (unpaired) electrons. The van der Waals surface area contributed by atoms with E-state index in [1.807, 2.05) is 6.07 Å². The molecular weight excluding hydrogens is 217 g/mol. The smallest absolute Gasteiger partial charge is 0.123 e. The number of aryl methyl sites for hydroxylation is 1. The van der Waals surface area contributed by atoms with Crippen molar-refractivity contribution in [1.82, 2.24) is 9.97 Å². The fourth-order valence-corrected chi connectivity index (χ4v) is 1.73. The number of imidazole rings is 1. The third kappa shape index (κ3) is 3.14. The van der Waals surface area contributed by atoms with E-state index in [-0.39, 0.29) is 5.82 Å². The molecule has 0 fully saturated rings. The van der Waals surface area contributed by atoms with Crippen molar-refractivity contribution >= 4 is 0 Å². The van der Waals surface area contributed by atoms with Gasteiger partial charge in [-0.1, -0.05) is 12.1 Å². The number of benzene rings is 1. The first kappa shape index (κ1) is 11.8. The summed E-state index contributed by atoms with van der Waals surface area (Å²) in [6.45, 7) is 0.706. The molecule has 0 spiro atoms. The molecule has 0 saturated carbocycles. The first-order valence-electron chi connectivity index (χ1n) is 5.79. The highest BCUT2D eigenvalue weighted by atomic mass is 19.1. The average molecular weight is 233 g/mol. The van der Waals surface area contributed by atoms with Gasteiger partial charge in [-0.05, 0) is 31.5 Å². The summed E-state index contributed by atoms with van der Waals surface area (Å²) in [6, 6.07) is 6.49. The summed E-state index contributed by atoms with van der Waals surface area (Å²) in [5.41, 5.74) is 7.11. The highest BCUT2D eigenvalue weighted by Crippen LogP contribution is 2.18. The second kappa shape index (κ2) is 5.59. The van der Waals surface area contributed by atoms with Gasteiger partial charge in [0.25, 0.3) is 0 Å². The Labute approximate surface area is 99.9 Å². The lowest BCUT2D eigenvalue weighted by molar-refractivity contribution is 0.628. The Balaban J connectivity index is 2.07. The van der Waals surface area contributed by atoms with Crippen LogP contribution in [-0.2, 0) is 6.42 Å². The van der Waals surface area contributed by atoms with Crippen LogP contribution in [0.2, 0.25) is 0 Å². The minimum absolute atomic E-state index is 0.234. The molecule has 3 nitrogen and oxygen atoms in total. The highest BCUT2D eigenvalue weighted by Gasteiger charge is 2.03. The van der Waals surface area contributed by atoms with Gasteiger partial charge in [-0.15, -0.1) is 0 Å². The van der Waals surface area contributed by atoms with E-state index >= 15 is 0 Å². The molecule has 1 aromatic heterocycles. The zero-order chi connectivity index (χ0) is 12.1. The summed E-state index contributed by atoms with van der Waals surface area (Å²) in [5.74, 6) is 0.694. The molecule has 2 rings (SSSR count). The number of aromatic amines is 1. The summed E-state index contributed by atoms with van der Waals surface area (Å²) in [5, 5.41) is 0. The Morgan fingerprint density at radius 2 is 2.18 bits per heavy atom. The predicted octanol–water partition coefficient (Wildman–Crippen LogP) is 2.50. The molecule has 4 heteroatoms. The Hall–Kier alpha value is -1.68. The number of hydrogen-bond donors (Lipinski definition) is 2. The number of rotatable bonds is 5. The molecule has 0 saturated heterocycles. The monoisotopic (exact) mass is 233 g/mol. The lowest BCUT2D eigenvalue weighted by Crippen LogP contribution is -1.99. The lowest BCUT2D eigenvalue weighted by Gasteiger charge is -1.98. The van der Waals surface area contributed by atoms with Gasteiger partial charge in [0.2, 0.25) is 0 Å². The summed E-state index contributed by atoms with van der Waals surface area (Å²) < 4.78 is 13.1. The molecule has 0 aliphatic rings. The van der Waals surface area contributed by atoms with Crippen molar-refractivity contribution in [2.24, 2.45) is 5.73 Å². The van der Waals surface area contributed by atoms with Crippen LogP contribution in [0.15, 0.2) is 30.5 Å². The lowest BCUT2D eigenvalue weighted by atomic mass is 10.2. The maximum atomic E-state index is 13.1. The number of hydrogen-bond acceptors (Lipinski definition) is 2. The van der Waals surface area contributed by atoms with Crippen LogP contribution >= 0.6 is 0 Å². The number of nitrogens with two attached hydrogens (primary N) is 1. The number of H-pyrrole nitrogens is 1. The molecule has 3 N–H and O–H groups in total. The third-order valence-corrected chi connectivity index (χ3v) is 2.63. The first-order chi connectivity index (χ1) is 8.29. The largest absolute Gasteiger partial charge is 0.342 e. The van der Waals surface area contributed by atoms with Gasteiger partial charge in [0.05, 0.1) is 11.9 Å². The molecule has 0 amide bonds. The normalized spacial score (nSPS) is 10.7. The van der Waals surface area contributed by atoms with Crippen LogP contribution in [-0.4, -0.2) is 16.5 Å². The second-order valence-electron chi connectivity index (χ2n) is 4.00. The van der Waals surface area contributed by atoms with Crippen molar-refractivity contribution in [2.75, 3.05) is 6.54 Å². The van der Waals surface area contributed by atoms with Gasteiger partial charge in [0.15, 0.2) is 0 Å². The van der Waals surface area contributed by atoms with Gasteiger partial charge in [-0.25, -0.2) is 9.37 Å². The van der Waals surface area contributed by atoms with Crippen molar-refractivity contribution < 1.29 is 4.39 Å². The van der Waals surface area contributed by atoms with E-state index in [0.717, 1.165) is 36.3 Å². The Kier molecular flexibility index (Phi) is 3.88. The molecule has 2 aromatic rings. The van der Waals surface area contributed by atoms with Crippen molar-refractivity contribution in [2.45, 2.75) is 19.3 Å². The topological polar surface area (TPSA) is 54.7 Å². The SMILES string of the molecule is NCCCCc1ncc(-c2cccc(F)c2)[nH]1. The van der Waals surface area contributed by atoms with Crippen LogP contribution in [0.1, 0.15) is 18.7 Å². The van der Waals surface area contributed by atoms with Crippen LogP contribution in [0, 0.1) is 5.82 Å². The van der Waals surface area contributed by atoms with E-state index in [0.29, 0.717) is 6.54 Å². The maximum Gasteiger partial charge on any atom is 0.123 e. The molecule has 1 heterocycles. The molecule has 0 unspecified atom stereocenters. The molecule has 0 aliphatic heterocycles. The van der Waals surface area contributed by atoms with E-state index in [2.05, 4.69) is 9.97 Å². The van der Waals surface area contributed by atoms with Crippen LogP contribution < -0.4 is 5.73 Å². The zero-order valence-corrected chi connectivity index (χ0v) is 9.62. The fraction of sp³-hybridized carbons (Fsp3) is 0.308. The van der Waals surface area contributed by atoms with E-state index < -0.39 is 0 Å². The molecule has 0 aliphatic carbocycles. The number of nitrogens with zero attached hydrogens (tertiary/aromatic N) is 1. The first-order valence-corrected chi connectivity index (χ1v) is 5.79. The van der Waals surface area contributed by atoms with Crippen molar-refractivity contribution in [1.29, 1.82) is 0 Å². The molecule has 0 atom stereocenters. The molecule has 1 aromatic carbocycles. The molecule has 17 heavy (non-hydrogen) atoms. The van der Waals surface area contributed by atoms with Gasteiger partial charge in [0.1, 0.15) is 11.6 Å². The minimum atomic E-state index is -0.234.